The molecule has 25 heavy (non-hydrogen) atoms. The van der Waals surface area contributed by atoms with Crippen molar-refractivity contribution in [3.05, 3.63) is 54.4 Å². The molecular formula is C21H26N2O2. The second-order valence-corrected chi connectivity index (χ2v) is 6.47. The second-order valence-electron chi connectivity index (χ2n) is 6.47. The van der Waals surface area contributed by atoms with Crippen molar-refractivity contribution in [2.45, 2.75) is 39.2 Å². The molecule has 0 aliphatic carbocycles. The first-order valence-corrected chi connectivity index (χ1v) is 8.91. The second kappa shape index (κ2) is 8.06. The summed E-state index contributed by atoms with van der Waals surface area (Å²) in [4.78, 5) is 4.80. The van der Waals surface area contributed by atoms with Crippen molar-refractivity contribution >= 4 is 11.0 Å². The Morgan fingerprint density at radius 1 is 0.960 bits per heavy atom. The fourth-order valence-corrected chi connectivity index (χ4v) is 3.06. The molecule has 0 unspecified atom stereocenters. The van der Waals surface area contributed by atoms with Gasteiger partial charge in [0.25, 0.3) is 0 Å². The summed E-state index contributed by atoms with van der Waals surface area (Å²) in [6.07, 6.45) is 2.04. The third-order valence-electron chi connectivity index (χ3n) is 4.30. The van der Waals surface area contributed by atoms with Crippen LogP contribution >= 0.6 is 0 Å². The van der Waals surface area contributed by atoms with Crippen LogP contribution in [0.2, 0.25) is 0 Å². The lowest BCUT2D eigenvalue weighted by atomic mass is 10.2. The van der Waals surface area contributed by atoms with Gasteiger partial charge in [-0.3, -0.25) is 0 Å². The minimum absolute atomic E-state index is 0.414. The summed E-state index contributed by atoms with van der Waals surface area (Å²) in [6.45, 7) is 6.04. The van der Waals surface area contributed by atoms with Crippen molar-refractivity contribution in [1.29, 1.82) is 0 Å². The number of aryl methyl sites for hydroxylation is 1. The summed E-state index contributed by atoms with van der Waals surface area (Å²) < 4.78 is 13.5. The van der Waals surface area contributed by atoms with E-state index < -0.39 is 0 Å². The summed E-state index contributed by atoms with van der Waals surface area (Å²) >= 11 is 0. The van der Waals surface area contributed by atoms with Gasteiger partial charge in [0.05, 0.1) is 24.8 Å². The number of methoxy groups -OCH3 is 1. The zero-order chi connectivity index (χ0) is 17.6. The minimum atomic E-state index is 0.414. The van der Waals surface area contributed by atoms with Crippen molar-refractivity contribution in [2.24, 2.45) is 0 Å². The molecule has 0 aliphatic heterocycles. The lowest BCUT2D eigenvalue weighted by molar-refractivity contribution is 0.283. The molecule has 3 aromatic rings. The number of para-hydroxylation sites is 4. The van der Waals surface area contributed by atoms with Crippen LogP contribution in [-0.4, -0.2) is 23.3 Å². The molecule has 0 amide bonds. The average Bonchev–Trinajstić information content (AvgIpc) is 3.01. The normalized spacial score (nSPS) is 11.2. The molecule has 1 heterocycles. The molecule has 0 fully saturated rings. The van der Waals surface area contributed by atoms with Crippen LogP contribution in [0, 0.1) is 0 Å². The van der Waals surface area contributed by atoms with Gasteiger partial charge in [-0.15, -0.1) is 0 Å². The maximum atomic E-state index is 5.86. The topological polar surface area (TPSA) is 36.3 Å². The van der Waals surface area contributed by atoms with E-state index in [0.29, 0.717) is 12.5 Å². The number of benzene rings is 2. The number of hydrogen-bond acceptors (Lipinski definition) is 3. The highest BCUT2D eigenvalue weighted by atomic mass is 16.5. The standard InChI is InChI=1S/C21H26N2O2/c1-16(2)21-22-17-10-4-5-11-18(17)23(21)14-8-9-15-25-20-13-7-6-12-19(20)24-3/h4-7,10-13,16H,8-9,14-15H2,1-3H3. The van der Waals surface area contributed by atoms with Gasteiger partial charge in [-0.2, -0.15) is 0 Å². The lowest BCUT2D eigenvalue weighted by Gasteiger charge is -2.12. The summed E-state index contributed by atoms with van der Waals surface area (Å²) in [7, 11) is 1.67. The fourth-order valence-electron chi connectivity index (χ4n) is 3.06. The Morgan fingerprint density at radius 3 is 2.44 bits per heavy atom. The molecule has 4 nitrogen and oxygen atoms in total. The maximum absolute atomic E-state index is 5.86. The van der Waals surface area contributed by atoms with Gasteiger partial charge >= 0.3 is 0 Å². The molecule has 1 aromatic heterocycles. The lowest BCUT2D eigenvalue weighted by Crippen LogP contribution is -2.07. The van der Waals surface area contributed by atoms with Crippen LogP contribution in [0.5, 0.6) is 11.5 Å². The number of imidazole rings is 1. The Balaban J connectivity index is 1.59. The highest BCUT2D eigenvalue weighted by molar-refractivity contribution is 5.76. The number of hydrogen-bond donors (Lipinski definition) is 0. The number of nitrogens with zero attached hydrogens (tertiary/aromatic N) is 2. The van der Waals surface area contributed by atoms with Gasteiger partial charge < -0.3 is 14.0 Å². The van der Waals surface area contributed by atoms with Crippen LogP contribution in [0.1, 0.15) is 38.4 Å². The first-order valence-electron chi connectivity index (χ1n) is 8.91. The van der Waals surface area contributed by atoms with E-state index in [1.807, 2.05) is 30.3 Å². The Morgan fingerprint density at radius 2 is 1.68 bits per heavy atom. The zero-order valence-electron chi connectivity index (χ0n) is 15.2. The number of ether oxygens (including phenoxy) is 2. The molecule has 0 radical (unpaired) electrons. The fraction of sp³-hybridized carbons (Fsp3) is 0.381. The Kier molecular flexibility index (Phi) is 5.59. The predicted molar refractivity (Wildman–Crippen MR) is 102 cm³/mol. The number of rotatable bonds is 8. The Hall–Kier alpha value is -2.49. The third kappa shape index (κ3) is 3.95. The summed E-state index contributed by atoms with van der Waals surface area (Å²) in [5.41, 5.74) is 2.30. The van der Waals surface area contributed by atoms with Gasteiger partial charge in [0.15, 0.2) is 11.5 Å². The van der Waals surface area contributed by atoms with Gasteiger partial charge in [-0.05, 0) is 37.1 Å². The molecule has 0 saturated carbocycles. The van der Waals surface area contributed by atoms with Crippen LogP contribution in [0.25, 0.3) is 11.0 Å². The largest absolute Gasteiger partial charge is 0.493 e. The highest BCUT2D eigenvalue weighted by Gasteiger charge is 2.12. The molecule has 132 valence electrons. The van der Waals surface area contributed by atoms with Crippen LogP contribution in [0.3, 0.4) is 0 Å². The van der Waals surface area contributed by atoms with Crippen molar-refractivity contribution in [3.63, 3.8) is 0 Å². The van der Waals surface area contributed by atoms with E-state index in [4.69, 9.17) is 14.5 Å². The number of fused-ring (bicyclic) bond motifs is 1. The zero-order valence-corrected chi connectivity index (χ0v) is 15.2. The molecular weight excluding hydrogens is 312 g/mol. The van der Waals surface area contributed by atoms with Crippen LogP contribution < -0.4 is 9.47 Å². The molecule has 4 heteroatoms. The highest BCUT2D eigenvalue weighted by Crippen LogP contribution is 2.26. The molecule has 0 aliphatic rings. The minimum Gasteiger partial charge on any atom is -0.493 e. The SMILES string of the molecule is COc1ccccc1OCCCCn1c(C(C)C)nc2ccccc21. The van der Waals surface area contributed by atoms with Crippen molar-refractivity contribution in [1.82, 2.24) is 9.55 Å². The van der Waals surface area contributed by atoms with E-state index in [-0.39, 0.29) is 0 Å². The molecule has 2 aromatic carbocycles. The molecule has 3 rings (SSSR count). The quantitative estimate of drug-likeness (QED) is 0.541. The van der Waals surface area contributed by atoms with Gasteiger partial charge in [0.2, 0.25) is 0 Å². The molecule has 0 saturated heterocycles. The van der Waals surface area contributed by atoms with E-state index in [1.54, 1.807) is 7.11 Å². The van der Waals surface area contributed by atoms with E-state index in [9.17, 15) is 0 Å². The summed E-state index contributed by atoms with van der Waals surface area (Å²) in [6, 6.07) is 16.1. The van der Waals surface area contributed by atoms with Gasteiger partial charge in [0, 0.05) is 12.5 Å². The van der Waals surface area contributed by atoms with Crippen LogP contribution in [0.15, 0.2) is 48.5 Å². The predicted octanol–water partition coefficient (Wildman–Crippen LogP) is 5.03. The summed E-state index contributed by atoms with van der Waals surface area (Å²) in [5, 5.41) is 0. The molecule has 0 bridgehead atoms. The van der Waals surface area contributed by atoms with Gasteiger partial charge in [-0.25, -0.2) is 4.98 Å². The van der Waals surface area contributed by atoms with Crippen molar-refractivity contribution < 1.29 is 9.47 Å². The number of unbranched alkanes of at least 4 members (excludes halogenated alkanes) is 1. The van der Waals surface area contributed by atoms with E-state index in [2.05, 4.69) is 36.6 Å². The van der Waals surface area contributed by atoms with Crippen molar-refractivity contribution in [2.75, 3.05) is 13.7 Å². The Bertz CT molecular complexity index is 824. The first kappa shape index (κ1) is 17.3. The molecule has 0 spiro atoms. The van der Waals surface area contributed by atoms with E-state index in [1.165, 1.54) is 5.52 Å². The smallest absolute Gasteiger partial charge is 0.161 e. The van der Waals surface area contributed by atoms with Crippen LogP contribution in [0.4, 0.5) is 0 Å². The van der Waals surface area contributed by atoms with Gasteiger partial charge in [0.1, 0.15) is 5.82 Å². The Labute approximate surface area is 149 Å². The van der Waals surface area contributed by atoms with E-state index >= 15 is 0 Å². The third-order valence-corrected chi connectivity index (χ3v) is 4.30. The maximum Gasteiger partial charge on any atom is 0.161 e. The molecule has 0 N–H and O–H groups in total. The van der Waals surface area contributed by atoms with Crippen molar-refractivity contribution in [3.8, 4) is 11.5 Å². The number of aromatic nitrogens is 2. The van der Waals surface area contributed by atoms with Gasteiger partial charge in [-0.1, -0.05) is 38.1 Å². The first-order chi connectivity index (χ1) is 12.2. The average molecular weight is 338 g/mol. The monoisotopic (exact) mass is 338 g/mol. The molecule has 0 atom stereocenters. The van der Waals surface area contributed by atoms with Crippen LogP contribution in [-0.2, 0) is 6.54 Å². The van der Waals surface area contributed by atoms with E-state index in [0.717, 1.165) is 42.2 Å². The summed E-state index contributed by atoms with van der Waals surface area (Å²) in [5.74, 6) is 3.16.